The van der Waals surface area contributed by atoms with Crippen LogP contribution in [-0.2, 0) is 14.3 Å². The van der Waals surface area contributed by atoms with Crippen molar-refractivity contribution in [2.75, 3.05) is 14.2 Å². The molecule has 6 nitrogen and oxygen atoms in total. The molecule has 6 heteroatoms. The van der Waals surface area contributed by atoms with Gasteiger partial charge in [-0.05, 0) is 62.3 Å². The van der Waals surface area contributed by atoms with E-state index < -0.39 is 0 Å². The van der Waals surface area contributed by atoms with Crippen molar-refractivity contribution in [1.29, 1.82) is 0 Å². The fraction of sp³-hybridized carbons (Fsp3) is 0.333. The molecule has 0 heterocycles. The third-order valence-corrected chi connectivity index (χ3v) is 4.31. The average Bonchev–Trinajstić information content (AvgIpc) is 2.72. The van der Waals surface area contributed by atoms with E-state index in [0.29, 0.717) is 23.7 Å². The molecule has 2 rings (SSSR count). The van der Waals surface area contributed by atoms with E-state index in [-0.39, 0.29) is 35.8 Å². The number of benzene rings is 1. The summed E-state index contributed by atoms with van der Waals surface area (Å²) in [6, 6.07) is 5.38. The highest BCUT2D eigenvalue weighted by Gasteiger charge is 2.14. The summed E-state index contributed by atoms with van der Waals surface area (Å²) in [6.45, 7) is 3.86. The highest BCUT2D eigenvalue weighted by molar-refractivity contribution is 6.09. The molecular weight excluding hydrogens is 384 g/mol. The average molecular weight is 412 g/mol. The van der Waals surface area contributed by atoms with Crippen LogP contribution in [0.1, 0.15) is 32.3 Å². The van der Waals surface area contributed by atoms with Crippen LogP contribution in [0.15, 0.2) is 60.1 Å². The van der Waals surface area contributed by atoms with Gasteiger partial charge in [0.25, 0.3) is 0 Å². The molecule has 1 aromatic rings. The second-order valence-electron chi connectivity index (χ2n) is 7.10. The van der Waals surface area contributed by atoms with Crippen molar-refractivity contribution in [3.8, 4) is 11.5 Å². The van der Waals surface area contributed by atoms with E-state index >= 15 is 0 Å². The molecule has 0 aliphatic heterocycles. The van der Waals surface area contributed by atoms with Gasteiger partial charge >= 0.3 is 0 Å². The van der Waals surface area contributed by atoms with Crippen molar-refractivity contribution in [2.24, 2.45) is 5.92 Å². The van der Waals surface area contributed by atoms with Crippen LogP contribution < -0.4 is 9.47 Å². The van der Waals surface area contributed by atoms with Crippen molar-refractivity contribution in [3.05, 3.63) is 65.7 Å². The van der Waals surface area contributed by atoms with E-state index in [1.807, 2.05) is 19.9 Å². The second-order valence-corrected chi connectivity index (χ2v) is 7.10. The molecule has 1 aromatic carbocycles. The number of carbonyl (C=O) groups excluding carboxylic acids is 2. The van der Waals surface area contributed by atoms with Crippen LogP contribution in [0.4, 0.5) is 0 Å². The van der Waals surface area contributed by atoms with Gasteiger partial charge in [0.05, 0.1) is 26.7 Å². The smallest absolute Gasteiger partial charge is 0.163 e. The normalized spacial score (nSPS) is 16.5. The van der Waals surface area contributed by atoms with Gasteiger partial charge in [-0.25, -0.2) is 0 Å². The summed E-state index contributed by atoms with van der Waals surface area (Å²) in [4.78, 5) is 24.2. The largest absolute Gasteiger partial charge is 0.504 e. The molecule has 1 N–H and O–H groups in total. The Kier molecular flexibility index (Phi) is 8.47. The molecule has 0 spiro atoms. The van der Waals surface area contributed by atoms with E-state index in [1.165, 1.54) is 19.3 Å². The maximum atomic E-state index is 12.1. The van der Waals surface area contributed by atoms with Gasteiger partial charge in [-0.3, -0.25) is 9.59 Å². The first-order valence-electron chi connectivity index (χ1n) is 9.74. The van der Waals surface area contributed by atoms with Gasteiger partial charge in [0.2, 0.25) is 0 Å². The number of allylic oxidation sites excluding steroid dienone is 5. The number of rotatable bonds is 10. The van der Waals surface area contributed by atoms with Gasteiger partial charge in [0, 0.05) is 5.92 Å². The minimum atomic E-state index is -0.291. The lowest BCUT2D eigenvalue weighted by Crippen LogP contribution is -2.06. The Morgan fingerprint density at radius 2 is 1.87 bits per heavy atom. The van der Waals surface area contributed by atoms with E-state index in [0.717, 1.165) is 5.56 Å². The fourth-order valence-corrected chi connectivity index (χ4v) is 2.85. The first-order valence-corrected chi connectivity index (χ1v) is 9.74. The van der Waals surface area contributed by atoms with Gasteiger partial charge < -0.3 is 19.3 Å². The summed E-state index contributed by atoms with van der Waals surface area (Å²) in [5, 5.41) is 9.63. The highest BCUT2D eigenvalue weighted by atomic mass is 16.5. The Bertz CT molecular complexity index is 889. The molecule has 1 aliphatic carbocycles. The molecule has 0 saturated carbocycles. The fourth-order valence-electron chi connectivity index (χ4n) is 2.85. The summed E-state index contributed by atoms with van der Waals surface area (Å²) >= 11 is 0. The second kappa shape index (κ2) is 11.0. The van der Waals surface area contributed by atoms with Crippen LogP contribution in [0, 0.1) is 5.92 Å². The van der Waals surface area contributed by atoms with Crippen LogP contribution in [0.3, 0.4) is 0 Å². The first-order chi connectivity index (χ1) is 14.3. The van der Waals surface area contributed by atoms with E-state index in [1.54, 1.807) is 43.5 Å². The van der Waals surface area contributed by atoms with E-state index in [2.05, 4.69) is 0 Å². The Balaban J connectivity index is 1.93. The lowest BCUT2D eigenvalue weighted by Gasteiger charge is -2.14. The molecule has 0 aromatic heterocycles. The topological polar surface area (TPSA) is 82.1 Å². The van der Waals surface area contributed by atoms with E-state index in [9.17, 15) is 14.7 Å². The van der Waals surface area contributed by atoms with Crippen molar-refractivity contribution in [2.45, 2.75) is 32.8 Å². The predicted octanol–water partition coefficient (Wildman–Crippen LogP) is 4.57. The first kappa shape index (κ1) is 23.0. The van der Waals surface area contributed by atoms with Crippen molar-refractivity contribution < 1.29 is 28.9 Å². The molecule has 0 amide bonds. The summed E-state index contributed by atoms with van der Waals surface area (Å²) in [5.74, 6) is 1.04. The number of aliphatic hydroxyl groups is 1. The third-order valence-electron chi connectivity index (χ3n) is 4.31. The van der Waals surface area contributed by atoms with Crippen LogP contribution in [-0.4, -0.2) is 37.0 Å². The molecular formula is C24H28O6. The summed E-state index contributed by atoms with van der Waals surface area (Å²) < 4.78 is 16.1. The van der Waals surface area contributed by atoms with E-state index in [4.69, 9.17) is 14.2 Å². The van der Waals surface area contributed by atoms with Crippen LogP contribution in [0.5, 0.6) is 11.5 Å². The number of aliphatic hydroxyl groups excluding tert-OH is 1. The van der Waals surface area contributed by atoms with Crippen molar-refractivity contribution in [3.63, 3.8) is 0 Å². The number of ether oxygens (including phenoxy) is 3. The quantitative estimate of drug-likeness (QED) is 0.448. The molecule has 0 fully saturated rings. The number of hydrogen-bond donors (Lipinski definition) is 1. The molecule has 0 saturated heterocycles. The van der Waals surface area contributed by atoms with Crippen LogP contribution in [0.25, 0.3) is 6.08 Å². The molecule has 0 bridgehead atoms. The SMILES string of the molecule is COC1=CC(/C=C/C(=O)CC(=O)/C=C/c2ccc(OC(C)C)c(OC)c2)CC=C1O. The lowest BCUT2D eigenvalue weighted by atomic mass is 9.97. The lowest BCUT2D eigenvalue weighted by molar-refractivity contribution is -0.121. The zero-order chi connectivity index (χ0) is 22.1. The Morgan fingerprint density at radius 3 is 2.53 bits per heavy atom. The Morgan fingerprint density at radius 1 is 1.13 bits per heavy atom. The van der Waals surface area contributed by atoms with Gasteiger partial charge in [-0.15, -0.1) is 0 Å². The zero-order valence-electron chi connectivity index (χ0n) is 17.8. The monoisotopic (exact) mass is 412 g/mol. The number of carbonyl (C=O) groups is 2. The molecule has 1 aliphatic rings. The standard InChI is InChI=1S/C24H28O6/c1-16(2)30-22-12-8-18(14-24(22)29-4)6-10-20(26)15-19(25)9-5-17-7-11-21(27)23(13-17)28-3/h5-6,8-14,16-17,27H,7,15H2,1-4H3/b9-5+,10-6+. The minimum Gasteiger partial charge on any atom is -0.504 e. The third kappa shape index (κ3) is 6.95. The van der Waals surface area contributed by atoms with Crippen molar-refractivity contribution in [1.82, 2.24) is 0 Å². The van der Waals surface area contributed by atoms with Crippen molar-refractivity contribution >= 4 is 17.6 Å². The predicted molar refractivity (Wildman–Crippen MR) is 115 cm³/mol. The summed E-state index contributed by atoms with van der Waals surface area (Å²) in [6.07, 6.45) is 9.88. The summed E-state index contributed by atoms with van der Waals surface area (Å²) in [5.41, 5.74) is 0.769. The molecule has 160 valence electrons. The number of methoxy groups -OCH3 is 2. The highest BCUT2D eigenvalue weighted by Crippen LogP contribution is 2.29. The molecule has 1 atom stereocenters. The van der Waals surface area contributed by atoms with Gasteiger partial charge in [-0.2, -0.15) is 0 Å². The Hall–Kier alpha value is -3.28. The number of hydrogen-bond acceptors (Lipinski definition) is 6. The maximum Gasteiger partial charge on any atom is 0.163 e. The van der Waals surface area contributed by atoms with Crippen LogP contribution in [0.2, 0.25) is 0 Å². The minimum absolute atomic E-state index is 0.0211. The maximum absolute atomic E-state index is 12.1. The van der Waals surface area contributed by atoms with Gasteiger partial charge in [-0.1, -0.05) is 18.2 Å². The molecule has 30 heavy (non-hydrogen) atoms. The molecule has 1 unspecified atom stereocenters. The molecule has 0 radical (unpaired) electrons. The van der Waals surface area contributed by atoms with Gasteiger partial charge in [0.1, 0.15) is 0 Å². The zero-order valence-corrected chi connectivity index (χ0v) is 17.8. The van der Waals surface area contributed by atoms with Gasteiger partial charge in [0.15, 0.2) is 34.6 Å². The van der Waals surface area contributed by atoms with Crippen LogP contribution >= 0.6 is 0 Å². The summed E-state index contributed by atoms with van der Waals surface area (Å²) in [7, 11) is 3.03. The number of ketones is 2. The Labute approximate surface area is 177 Å².